The number of hydrogen-bond acceptors (Lipinski definition) is 4. The van der Waals surface area contributed by atoms with Gasteiger partial charge in [-0.15, -0.1) is 0 Å². The van der Waals surface area contributed by atoms with E-state index in [0.29, 0.717) is 16.8 Å². The van der Waals surface area contributed by atoms with Crippen LogP contribution < -0.4 is 10.3 Å². The summed E-state index contributed by atoms with van der Waals surface area (Å²) in [5.41, 5.74) is 3.64. The molecule has 0 amide bonds. The largest absolute Gasteiger partial charge is 0.491 e. The summed E-state index contributed by atoms with van der Waals surface area (Å²) in [6.07, 6.45) is 2.82. The molecule has 0 unspecified atom stereocenters. The Kier molecular flexibility index (Phi) is 4.48. The van der Waals surface area contributed by atoms with E-state index < -0.39 is 6.10 Å². The van der Waals surface area contributed by atoms with Crippen molar-refractivity contribution >= 4 is 11.0 Å². The molecular formula is C21H19N3O3. The summed E-state index contributed by atoms with van der Waals surface area (Å²) in [5, 5.41) is 9.33. The molecule has 6 nitrogen and oxygen atoms in total. The van der Waals surface area contributed by atoms with E-state index in [1.54, 1.807) is 6.92 Å². The Morgan fingerprint density at radius 3 is 2.59 bits per heavy atom. The van der Waals surface area contributed by atoms with Crippen molar-refractivity contribution in [2.45, 2.75) is 13.0 Å². The van der Waals surface area contributed by atoms with Crippen molar-refractivity contribution in [3.8, 4) is 22.6 Å². The predicted molar refractivity (Wildman–Crippen MR) is 104 cm³/mol. The number of H-pyrrole nitrogens is 1. The highest BCUT2D eigenvalue weighted by molar-refractivity contribution is 5.93. The van der Waals surface area contributed by atoms with Crippen LogP contribution >= 0.6 is 0 Å². The van der Waals surface area contributed by atoms with Gasteiger partial charge in [0.1, 0.15) is 23.4 Å². The fraction of sp³-hybridized carbons (Fsp3) is 0.143. The number of para-hydroxylation sites is 1. The van der Waals surface area contributed by atoms with Crippen molar-refractivity contribution in [2.75, 3.05) is 6.61 Å². The fourth-order valence-electron chi connectivity index (χ4n) is 3.02. The quantitative estimate of drug-likeness (QED) is 0.572. The molecule has 4 aromatic rings. The molecular weight excluding hydrogens is 342 g/mol. The first kappa shape index (κ1) is 17.1. The molecule has 6 heteroatoms. The molecule has 2 heterocycles. The number of aliphatic hydroxyl groups excluding tert-OH is 1. The van der Waals surface area contributed by atoms with Crippen LogP contribution in [0.4, 0.5) is 0 Å². The molecule has 0 radical (unpaired) electrons. The van der Waals surface area contributed by atoms with Gasteiger partial charge in [0.25, 0.3) is 5.56 Å². The molecule has 136 valence electrons. The smallest absolute Gasteiger partial charge is 0.275 e. The molecule has 0 aliphatic heterocycles. The number of rotatable bonds is 5. The average molecular weight is 361 g/mol. The van der Waals surface area contributed by atoms with E-state index in [0.717, 1.165) is 16.8 Å². The maximum Gasteiger partial charge on any atom is 0.275 e. The molecule has 2 N–H and O–H groups in total. The molecule has 1 atom stereocenters. The number of fused-ring (bicyclic) bond motifs is 1. The van der Waals surface area contributed by atoms with Crippen LogP contribution in [0.25, 0.3) is 27.8 Å². The van der Waals surface area contributed by atoms with E-state index in [1.807, 2.05) is 65.4 Å². The van der Waals surface area contributed by atoms with Crippen molar-refractivity contribution < 1.29 is 9.84 Å². The lowest BCUT2D eigenvalue weighted by Gasteiger charge is -2.08. The van der Waals surface area contributed by atoms with Crippen molar-refractivity contribution in [1.29, 1.82) is 0 Å². The van der Waals surface area contributed by atoms with Crippen molar-refractivity contribution in [3.63, 3.8) is 0 Å². The summed E-state index contributed by atoms with van der Waals surface area (Å²) in [6.45, 7) is 1.92. The maximum absolute atomic E-state index is 12.5. The lowest BCUT2D eigenvalue weighted by molar-refractivity contribution is 0.123. The van der Waals surface area contributed by atoms with E-state index in [9.17, 15) is 9.90 Å². The normalized spacial score (nSPS) is 12.2. The number of aliphatic hydroxyl groups is 1. The molecule has 0 aliphatic rings. The molecule has 0 spiro atoms. The maximum atomic E-state index is 12.5. The van der Waals surface area contributed by atoms with Crippen molar-refractivity contribution in [3.05, 3.63) is 77.5 Å². The number of hydrogen-bond donors (Lipinski definition) is 2. The van der Waals surface area contributed by atoms with Crippen LogP contribution in [-0.2, 0) is 0 Å². The summed E-state index contributed by atoms with van der Waals surface area (Å²) in [7, 11) is 0. The second-order valence-electron chi connectivity index (χ2n) is 6.36. The zero-order valence-corrected chi connectivity index (χ0v) is 14.8. The summed E-state index contributed by atoms with van der Waals surface area (Å²) >= 11 is 0. The van der Waals surface area contributed by atoms with Gasteiger partial charge in [0.15, 0.2) is 0 Å². The van der Waals surface area contributed by atoms with Gasteiger partial charge in [-0.2, -0.15) is 0 Å². The van der Waals surface area contributed by atoms with E-state index in [4.69, 9.17) is 4.74 Å². The van der Waals surface area contributed by atoms with Crippen LogP contribution in [0.5, 0.6) is 5.75 Å². The van der Waals surface area contributed by atoms with Crippen LogP contribution in [0.1, 0.15) is 6.92 Å². The summed E-state index contributed by atoms with van der Waals surface area (Å²) in [4.78, 5) is 19.5. The molecule has 2 aromatic carbocycles. The Bertz CT molecular complexity index is 1110. The Labute approximate surface area is 155 Å². The third-order valence-electron chi connectivity index (χ3n) is 4.27. The van der Waals surface area contributed by atoms with Gasteiger partial charge >= 0.3 is 0 Å². The van der Waals surface area contributed by atoms with Gasteiger partial charge in [-0.1, -0.05) is 30.3 Å². The molecule has 0 fully saturated rings. The van der Waals surface area contributed by atoms with E-state index in [-0.39, 0.29) is 12.2 Å². The Morgan fingerprint density at radius 1 is 1.15 bits per heavy atom. The van der Waals surface area contributed by atoms with Gasteiger partial charge in [-0.3, -0.25) is 4.79 Å². The number of aromatic nitrogens is 3. The number of nitrogens with zero attached hydrogens (tertiary/aromatic N) is 2. The average Bonchev–Trinajstić information content (AvgIpc) is 3.08. The molecule has 0 saturated carbocycles. The lowest BCUT2D eigenvalue weighted by atomic mass is 10.1. The van der Waals surface area contributed by atoms with E-state index >= 15 is 0 Å². The zero-order valence-electron chi connectivity index (χ0n) is 14.8. The van der Waals surface area contributed by atoms with Crippen LogP contribution in [0.2, 0.25) is 0 Å². The summed E-state index contributed by atoms with van der Waals surface area (Å²) in [6, 6.07) is 17.2. The second kappa shape index (κ2) is 7.09. The Balaban J connectivity index is 1.81. The van der Waals surface area contributed by atoms with E-state index in [1.165, 1.54) is 6.33 Å². The molecule has 27 heavy (non-hydrogen) atoms. The molecule has 0 bridgehead atoms. The lowest BCUT2D eigenvalue weighted by Crippen LogP contribution is -2.12. The standard InChI is InChI=1S/C21H19N3O3/c1-14(25)12-27-17-9-7-15(8-10-17)18-11-24(16-5-3-2-4-6-16)20-19(18)22-13-23-21(20)26/h2-11,13-14,25H,12H2,1H3,(H,22,23,26)/t14-/m0/s1. The monoisotopic (exact) mass is 361 g/mol. The number of nitrogens with one attached hydrogen (secondary N) is 1. The summed E-state index contributed by atoms with van der Waals surface area (Å²) in [5.74, 6) is 0.678. The molecule has 2 aromatic heterocycles. The van der Waals surface area contributed by atoms with Gasteiger partial charge in [0.2, 0.25) is 0 Å². The first-order valence-electron chi connectivity index (χ1n) is 8.69. The highest BCUT2D eigenvalue weighted by atomic mass is 16.5. The van der Waals surface area contributed by atoms with Crippen molar-refractivity contribution in [1.82, 2.24) is 14.5 Å². The predicted octanol–water partition coefficient (Wildman–Crippen LogP) is 3.14. The highest BCUT2D eigenvalue weighted by Gasteiger charge is 2.15. The third-order valence-corrected chi connectivity index (χ3v) is 4.27. The molecule has 0 aliphatic carbocycles. The summed E-state index contributed by atoms with van der Waals surface area (Å²) < 4.78 is 7.37. The number of aromatic amines is 1. The Hall–Kier alpha value is -3.38. The van der Waals surface area contributed by atoms with Crippen LogP contribution in [-0.4, -0.2) is 32.4 Å². The minimum absolute atomic E-state index is 0.188. The van der Waals surface area contributed by atoms with Gasteiger partial charge in [0.05, 0.1) is 12.4 Å². The Morgan fingerprint density at radius 2 is 1.89 bits per heavy atom. The van der Waals surface area contributed by atoms with Gasteiger partial charge in [-0.05, 0) is 36.8 Å². The molecule has 4 rings (SSSR count). The highest BCUT2D eigenvalue weighted by Crippen LogP contribution is 2.30. The van der Waals surface area contributed by atoms with Gasteiger partial charge < -0.3 is 19.4 Å². The van der Waals surface area contributed by atoms with Crippen LogP contribution in [0.15, 0.2) is 71.9 Å². The minimum atomic E-state index is -0.524. The number of benzene rings is 2. The number of ether oxygens (including phenoxy) is 1. The third kappa shape index (κ3) is 3.35. The van der Waals surface area contributed by atoms with E-state index in [2.05, 4.69) is 9.97 Å². The van der Waals surface area contributed by atoms with Crippen LogP contribution in [0, 0.1) is 0 Å². The second-order valence-corrected chi connectivity index (χ2v) is 6.36. The first-order valence-corrected chi connectivity index (χ1v) is 8.69. The van der Waals surface area contributed by atoms with Crippen molar-refractivity contribution in [2.24, 2.45) is 0 Å². The van der Waals surface area contributed by atoms with Crippen LogP contribution in [0.3, 0.4) is 0 Å². The van der Waals surface area contributed by atoms with Gasteiger partial charge in [0, 0.05) is 17.4 Å². The first-order chi connectivity index (χ1) is 13.1. The topological polar surface area (TPSA) is 80.1 Å². The zero-order chi connectivity index (χ0) is 18.8. The fourth-order valence-corrected chi connectivity index (χ4v) is 3.02. The molecule has 0 saturated heterocycles. The SMILES string of the molecule is C[C@H](O)COc1ccc(-c2cn(-c3ccccc3)c3c(=O)[nH]cnc23)cc1. The van der Waals surface area contributed by atoms with Gasteiger partial charge in [-0.25, -0.2) is 4.98 Å². The minimum Gasteiger partial charge on any atom is -0.491 e.